The van der Waals surface area contributed by atoms with Crippen LogP contribution in [0.4, 0.5) is 0 Å². The Morgan fingerprint density at radius 2 is 0.558 bits per heavy atom. The van der Waals surface area contributed by atoms with Gasteiger partial charge in [0.25, 0.3) is 0 Å². The number of aliphatic hydroxyl groups is 1. The Morgan fingerprint density at radius 1 is 0.372 bits per heavy atom. The maximum Gasteiger partial charge on any atom is 0.0741 e. The zero-order chi connectivity index (χ0) is 36.6. The van der Waals surface area contributed by atoms with Crippen LogP contribution in [0.1, 0.15) is 207 Å². The fraction of sp³-hybridized carbons (Fsp3) is 1.00. The molecule has 1 N–H and O–H groups in total. The average molecular weight is 613 g/mol. The van der Waals surface area contributed by atoms with Gasteiger partial charge in [-0.25, -0.2) is 0 Å². The van der Waals surface area contributed by atoms with Crippen molar-refractivity contribution in [3.63, 3.8) is 0 Å². The van der Waals surface area contributed by atoms with Gasteiger partial charge in [-0.1, -0.05) is 200 Å². The van der Waals surface area contributed by atoms with Crippen LogP contribution in [0.2, 0.25) is 0 Å². The van der Waals surface area contributed by atoms with E-state index in [9.17, 15) is 5.11 Å². The summed E-state index contributed by atoms with van der Waals surface area (Å²) in [4.78, 5) is 0. The van der Waals surface area contributed by atoms with E-state index in [1.807, 2.05) is 0 Å². The van der Waals surface area contributed by atoms with Crippen molar-refractivity contribution in [3.8, 4) is 0 Å². The fourth-order valence-electron chi connectivity index (χ4n) is 7.31. The van der Waals surface area contributed by atoms with Crippen LogP contribution in [0.3, 0.4) is 0 Å². The molecule has 1 heteroatoms. The summed E-state index contributed by atoms with van der Waals surface area (Å²) in [5.41, 5.74) is 1.98. The molecule has 0 bridgehead atoms. The molecule has 0 aliphatic carbocycles. The zero-order valence-electron chi connectivity index (χ0n) is 36.1. The molecule has 0 atom stereocenters. The number of hydrogen-bond acceptors (Lipinski definition) is 1. The van der Waals surface area contributed by atoms with Gasteiger partial charge >= 0.3 is 0 Å². The first-order valence-corrected chi connectivity index (χ1v) is 17.8. The fourth-order valence-corrected chi connectivity index (χ4v) is 7.31. The van der Waals surface area contributed by atoms with Crippen LogP contribution in [0.5, 0.6) is 0 Å². The highest BCUT2D eigenvalue weighted by Crippen LogP contribution is 2.46. The summed E-state index contributed by atoms with van der Waals surface area (Å²) in [5, 5.41) is 10.5. The van der Waals surface area contributed by atoms with E-state index in [0.29, 0.717) is 32.5 Å². The SMILES string of the molecule is CC(C(C)(C)C)C(C)(C)C.CC(C(C)(C)C)C(C)(C)C.CCC(C(C)(C)C)C(C)(C)C.CCC(O)(C(C)(C)C)C(C)(C)C. The van der Waals surface area contributed by atoms with Crippen molar-refractivity contribution >= 4 is 0 Å². The molecule has 0 rings (SSSR count). The molecule has 0 aliphatic heterocycles. The Morgan fingerprint density at radius 3 is 0.558 bits per heavy atom. The molecule has 0 unspecified atom stereocenters. The summed E-state index contributed by atoms with van der Waals surface area (Å²) in [5.74, 6) is 2.34. The lowest BCUT2D eigenvalue weighted by Gasteiger charge is -2.49. The Balaban J connectivity index is -0.000000236. The largest absolute Gasteiger partial charge is 0.389 e. The minimum Gasteiger partial charge on any atom is -0.389 e. The molecule has 0 aromatic carbocycles. The number of rotatable bonds is 2. The van der Waals surface area contributed by atoms with E-state index in [2.05, 4.69) is 194 Å². The smallest absolute Gasteiger partial charge is 0.0741 e. The molecular formula is C42H92O. The summed E-state index contributed by atoms with van der Waals surface area (Å²) >= 11 is 0. The Hall–Kier alpha value is -0.0400. The lowest BCUT2D eigenvalue weighted by molar-refractivity contribution is -0.139. The van der Waals surface area contributed by atoms with Crippen LogP contribution in [-0.4, -0.2) is 10.7 Å². The molecule has 43 heavy (non-hydrogen) atoms. The van der Waals surface area contributed by atoms with Crippen LogP contribution >= 0.6 is 0 Å². The lowest BCUT2D eigenvalue weighted by Crippen LogP contribution is -2.52. The Labute approximate surface area is 278 Å². The van der Waals surface area contributed by atoms with Gasteiger partial charge < -0.3 is 5.11 Å². The summed E-state index contributed by atoms with van der Waals surface area (Å²) in [7, 11) is 0. The molecule has 0 aromatic heterocycles. The van der Waals surface area contributed by atoms with Crippen LogP contribution in [-0.2, 0) is 0 Å². The van der Waals surface area contributed by atoms with Crippen molar-refractivity contribution in [2.24, 2.45) is 61.1 Å². The quantitative estimate of drug-likeness (QED) is 0.329. The maximum atomic E-state index is 10.5. The van der Waals surface area contributed by atoms with Crippen LogP contribution in [0.15, 0.2) is 0 Å². The van der Waals surface area contributed by atoms with Gasteiger partial charge in [-0.15, -0.1) is 0 Å². The molecule has 0 fully saturated rings. The minimum atomic E-state index is -0.583. The summed E-state index contributed by atoms with van der Waals surface area (Å²) in [6, 6.07) is 0. The van der Waals surface area contributed by atoms with Gasteiger partial charge in [-0.05, 0) is 67.5 Å². The first kappa shape index (κ1) is 49.8. The van der Waals surface area contributed by atoms with Crippen molar-refractivity contribution in [3.05, 3.63) is 0 Å². The molecule has 0 spiro atoms. The van der Waals surface area contributed by atoms with Crippen molar-refractivity contribution in [1.29, 1.82) is 0 Å². The molecule has 0 saturated heterocycles. The summed E-state index contributed by atoms with van der Waals surface area (Å²) in [6.07, 6.45) is 2.09. The molecule has 266 valence electrons. The first-order chi connectivity index (χ1) is 18.1. The van der Waals surface area contributed by atoms with Crippen molar-refractivity contribution in [1.82, 2.24) is 0 Å². The lowest BCUT2D eigenvalue weighted by atomic mass is 9.61. The van der Waals surface area contributed by atoms with Gasteiger partial charge in [-0.2, -0.15) is 0 Å². The van der Waals surface area contributed by atoms with Crippen LogP contribution < -0.4 is 0 Å². The van der Waals surface area contributed by atoms with E-state index in [1.54, 1.807) is 0 Å². The molecule has 0 amide bonds. The van der Waals surface area contributed by atoms with E-state index >= 15 is 0 Å². The van der Waals surface area contributed by atoms with Gasteiger partial charge in [0.05, 0.1) is 5.60 Å². The molecule has 1 nitrogen and oxygen atoms in total. The molecule has 0 aromatic rings. The van der Waals surface area contributed by atoms with E-state index in [1.165, 1.54) is 6.42 Å². The second kappa shape index (κ2) is 16.7. The zero-order valence-corrected chi connectivity index (χ0v) is 36.1. The molecular weight excluding hydrogens is 520 g/mol. The van der Waals surface area contributed by atoms with Gasteiger partial charge in [0.1, 0.15) is 0 Å². The van der Waals surface area contributed by atoms with Crippen molar-refractivity contribution < 1.29 is 5.11 Å². The topological polar surface area (TPSA) is 20.2 Å². The van der Waals surface area contributed by atoms with Gasteiger partial charge in [-0.3, -0.25) is 0 Å². The van der Waals surface area contributed by atoms with Crippen molar-refractivity contribution in [2.75, 3.05) is 0 Å². The highest BCUT2D eigenvalue weighted by atomic mass is 16.3. The second-order valence-corrected chi connectivity index (χ2v) is 22.3. The maximum absolute atomic E-state index is 10.5. The van der Waals surface area contributed by atoms with Gasteiger partial charge in [0.15, 0.2) is 0 Å². The van der Waals surface area contributed by atoms with E-state index < -0.39 is 5.60 Å². The van der Waals surface area contributed by atoms with Crippen LogP contribution in [0, 0.1) is 61.1 Å². The predicted molar refractivity (Wildman–Crippen MR) is 203 cm³/mol. The molecule has 0 radical (unpaired) electrons. The van der Waals surface area contributed by atoms with Gasteiger partial charge in [0.2, 0.25) is 0 Å². The third-order valence-electron chi connectivity index (χ3n) is 10.7. The van der Waals surface area contributed by atoms with E-state index in [0.717, 1.165) is 24.2 Å². The van der Waals surface area contributed by atoms with Crippen molar-refractivity contribution in [2.45, 2.75) is 212 Å². The second-order valence-electron chi connectivity index (χ2n) is 22.3. The Kier molecular flexibility index (Phi) is 19.3. The van der Waals surface area contributed by atoms with Gasteiger partial charge in [0, 0.05) is 0 Å². The predicted octanol–water partition coefficient (Wildman–Crippen LogP) is 14.8. The minimum absolute atomic E-state index is 0.0556. The molecule has 0 aliphatic rings. The third-order valence-corrected chi connectivity index (χ3v) is 10.7. The summed E-state index contributed by atoms with van der Waals surface area (Å²) < 4.78 is 0. The highest BCUT2D eigenvalue weighted by Gasteiger charge is 2.47. The summed E-state index contributed by atoms with van der Waals surface area (Å²) in [6.45, 7) is 63.3. The monoisotopic (exact) mass is 613 g/mol. The Bertz CT molecular complexity index is 626. The highest BCUT2D eigenvalue weighted by molar-refractivity contribution is 4.98. The van der Waals surface area contributed by atoms with E-state index in [4.69, 9.17) is 0 Å². The van der Waals surface area contributed by atoms with Crippen LogP contribution in [0.25, 0.3) is 0 Å². The average Bonchev–Trinajstić information content (AvgIpc) is 2.67. The molecule has 0 heterocycles. The third kappa shape index (κ3) is 19.3. The first-order valence-electron chi connectivity index (χ1n) is 17.8. The number of hydrogen-bond donors (Lipinski definition) is 1. The molecule has 0 saturated carbocycles. The normalized spacial score (nSPS) is 14.5. The van der Waals surface area contributed by atoms with E-state index in [-0.39, 0.29) is 10.8 Å². The standard InChI is InChI=1S/C11H24O.C11H24.2C10H22/c1-8-11(12,9(2,3)4)10(5,6)7;1-8-9(10(2,3)4)11(5,6)7;2*1-8(9(2,3)4)10(5,6)7/h12H,8H2,1-7H3;9H,8H2,1-7H3;2*8H,1-7H3.